The van der Waals surface area contributed by atoms with Crippen LogP contribution in [0.2, 0.25) is 0 Å². The zero-order valence-electron chi connectivity index (χ0n) is 12.3. The summed E-state index contributed by atoms with van der Waals surface area (Å²) in [4.78, 5) is 4.93. The molecule has 1 aromatic rings. The van der Waals surface area contributed by atoms with E-state index in [1.54, 1.807) is 0 Å². The number of fused-ring (bicyclic) bond motifs is 1. The molecular weight excluding hydrogens is 234 g/mol. The van der Waals surface area contributed by atoms with Crippen molar-refractivity contribution >= 4 is 5.69 Å². The highest BCUT2D eigenvalue weighted by atomic mass is 15.2. The molecule has 1 aromatic carbocycles. The van der Waals surface area contributed by atoms with Crippen LogP contribution in [0.1, 0.15) is 25.0 Å². The topological polar surface area (TPSA) is 18.5 Å². The first-order valence-electron chi connectivity index (χ1n) is 7.43. The van der Waals surface area contributed by atoms with Gasteiger partial charge in [0.25, 0.3) is 0 Å². The smallest absolute Gasteiger partial charge is 0.0397 e. The third kappa shape index (κ3) is 2.77. The van der Waals surface area contributed by atoms with Gasteiger partial charge in [-0.1, -0.05) is 12.1 Å². The maximum Gasteiger partial charge on any atom is 0.0397 e. The highest BCUT2D eigenvalue weighted by molar-refractivity contribution is 5.58. The third-order valence-corrected chi connectivity index (χ3v) is 4.31. The molecule has 0 bridgehead atoms. The SMILES string of the molecule is CC1CN(Cc2ccc3c(c2)CCN3C)CC(C)N1. The molecule has 3 nitrogen and oxygen atoms in total. The van der Waals surface area contributed by atoms with Gasteiger partial charge in [-0.05, 0) is 37.5 Å². The van der Waals surface area contributed by atoms with Crippen LogP contribution >= 0.6 is 0 Å². The maximum atomic E-state index is 3.59. The minimum Gasteiger partial charge on any atom is -0.374 e. The van der Waals surface area contributed by atoms with E-state index in [1.165, 1.54) is 29.8 Å². The number of hydrogen-bond donors (Lipinski definition) is 1. The molecule has 2 aliphatic rings. The monoisotopic (exact) mass is 259 g/mol. The summed E-state index contributed by atoms with van der Waals surface area (Å²) in [6.07, 6.45) is 1.20. The Morgan fingerprint density at radius 2 is 1.95 bits per heavy atom. The summed E-state index contributed by atoms with van der Waals surface area (Å²) >= 11 is 0. The van der Waals surface area contributed by atoms with Gasteiger partial charge in [0.1, 0.15) is 0 Å². The molecule has 3 heteroatoms. The van der Waals surface area contributed by atoms with E-state index in [0.29, 0.717) is 12.1 Å². The molecule has 2 heterocycles. The molecule has 104 valence electrons. The van der Waals surface area contributed by atoms with E-state index >= 15 is 0 Å². The second kappa shape index (κ2) is 5.14. The first-order chi connectivity index (χ1) is 9.11. The second-order valence-electron chi connectivity index (χ2n) is 6.30. The lowest BCUT2D eigenvalue weighted by Crippen LogP contribution is -2.53. The summed E-state index contributed by atoms with van der Waals surface area (Å²) in [7, 11) is 2.19. The van der Waals surface area contributed by atoms with Gasteiger partial charge in [0.2, 0.25) is 0 Å². The van der Waals surface area contributed by atoms with Crippen molar-refractivity contribution in [2.75, 3.05) is 31.6 Å². The predicted molar refractivity (Wildman–Crippen MR) is 80.8 cm³/mol. The number of benzene rings is 1. The fourth-order valence-corrected chi connectivity index (χ4v) is 3.55. The Bertz CT molecular complexity index is 447. The van der Waals surface area contributed by atoms with Gasteiger partial charge in [-0.2, -0.15) is 0 Å². The van der Waals surface area contributed by atoms with Gasteiger partial charge in [0, 0.05) is 51.0 Å². The lowest BCUT2D eigenvalue weighted by molar-refractivity contribution is 0.166. The fourth-order valence-electron chi connectivity index (χ4n) is 3.55. The molecule has 2 aliphatic heterocycles. The summed E-state index contributed by atoms with van der Waals surface area (Å²) in [5.41, 5.74) is 4.41. The summed E-state index contributed by atoms with van der Waals surface area (Å²) in [6, 6.07) is 8.22. The van der Waals surface area contributed by atoms with Crippen LogP contribution in [0.25, 0.3) is 0 Å². The predicted octanol–water partition coefficient (Wildman–Crippen LogP) is 1.86. The first kappa shape index (κ1) is 12.9. The van der Waals surface area contributed by atoms with Gasteiger partial charge in [-0.25, -0.2) is 0 Å². The molecule has 0 aliphatic carbocycles. The Morgan fingerprint density at radius 1 is 1.21 bits per heavy atom. The van der Waals surface area contributed by atoms with Crippen molar-refractivity contribution in [1.29, 1.82) is 0 Å². The summed E-state index contributed by atoms with van der Waals surface area (Å²) in [6.45, 7) is 9.12. The Balaban J connectivity index is 1.70. The van der Waals surface area contributed by atoms with Gasteiger partial charge in [-0.3, -0.25) is 4.90 Å². The quantitative estimate of drug-likeness (QED) is 0.874. The van der Waals surface area contributed by atoms with Crippen molar-refractivity contribution in [2.45, 2.75) is 38.9 Å². The number of hydrogen-bond acceptors (Lipinski definition) is 3. The number of rotatable bonds is 2. The molecular formula is C16H25N3. The van der Waals surface area contributed by atoms with E-state index in [2.05, 4.69) is 54.2 Å². The Hall–Kier alpha value is -1.06. The normalized spacial score (nSPS) is 27.6. The van der Waals surface area contributed by atoms with Crippen LogP contribution in [0.3, 0.4) is 0 Å². The Labute approximate surface area is 116 Å². The van der Waals surface area contributed by atoms with E-state index in [0.717, 1.165) is 19.6 Å². The molecule has 0 saturated carbocycles. The Morgan fingerprint density at radius 3 is 2.68 bits per heavy atom. The van der Waals surface area contributed by atoms with Crippen LogP contribution < -0.4 is 10.2 Å². The van der Waals surface area contributed by atoms with E-state index in [4.69, 9.17) is 0 Å². The molecule has 0 aromatic heterocycles. The molecule has 3 rings (SSSR count). The molecule has 2 unspecified atom stereocenters. The zero-order valence-corrected chi connectivity index (χ0v) is 12.3. The lowest BCUT2D eigenvalue weighted by Gasteiger charge is -2.36. The van der Waals surface area contributed by atoms with Gasteiger partial charge in [0.05, 0.1) is 0 Å². The Kier molecular flexibility index (Phi) is 3.50. The van der Waals surface area contributed by atoms with Crippen LogP contribution in [0.15, 0.2) is 18.2 Å². The standard InChI is InChI=1S/C16H25N3/c1-12-9-19(10-13(2)17-12)11-14-4-5-16-15(8-14)6-7-18(16)3/h4-5,8,12-13,17H,6-7,9-11H2,1-3H3. The molecule has 0 radical (unpaired) electrons. The van der Waals surface area contributed by atoms with Gasteiger partial charge >= 0.3 is 0 Å². The zero-order chi connectivity index (χ0) is 13.4. The molecule has 19 heavy (non-hydrogen) atoms. The van der Waals surface area contributed by atoms with E-state index in [-0.39, 0.29) is 0 Å². The van der Waals surface area contributed by atoms with Gasteiger partial charge in [0.15, 0.2) is 0 Å². The minimum absolute atomic E-state index is 0.601. The summed E-state index contributed by atoms with van der Waals surface area (Å²) < 4.78 is 0. The van der Waals surface area contributed by atoms with E-state index < -0.39 is 0 Å². The van der Waals surface area contributed by atoms with E-state index in [1.807, 2.05) is 0 Å². The number of piperazine rings is 1. The second-order valence-corrected chi connectivity index (χ2v) is 6.30. The highest BCUT2D eigenvalue weighted by Crippen LogP contribution is 2.27. The largest absolute Gasteiger partial charge is 0.374 e. The van der Waals surface area contributed by atoms with Gasteiger partial charge in [-0.15, -0.1) is 0 Å². The van der Waals surface area contributed by atoms with Crippen molar-refractivity contribution in [3.8, 4) is 0 Å². The first-order valence-corrected chi connectivity index (χ1v) is 7.43. The summed E-state index contributed by atoms with van der Waals surface area (Å²) in [5.74, 6) is 0. The van der Waals surface area contributed by atoms with Crippen LogP contribution in [0.5, 0.6) is 0 Å². The third-order valence-electron chi connectivity index (χ3n) is 4.31. The number of likely N-dealkylation sites (N-methyl/N-ethyl adjacent to an activating group) is 1. The van der Waals surface area contributed by atoms with Crippen molar-refractivity contribution < 1.29 is 0 Å². The molecule has 2 atom stereocenters. The average molecular weight is 259 g/mol. The number of anilines is 1. The fraction of sp³-hybridized carbons (Fsp3) is 0.625. The van der Waals surface area contributed by atoms with Crippen molar-refractivity contribution in [2.24, 2.45) is 0 Å². The van der Waals surface area contributed by atoms with Crippen LogP contribution in [0, 0.1) is 0 Å². The number of nitrogens with zero attached hydrogens (tertiary/aromatic N) is 2. The van der Waals surface area contributed by atoms with Crippen molar-refractivity contribution in [3.63, 3.8) is 0 Å². The molecule has 1 saturated heterocycles. The lowest BCUT2D eigenvalue weighted by atomic mass is 10.1. The van der Waals surface area contributed by atoms with Gasteiger partial charge < -0.3 is 10.2 Å². The molecule has 1 fully saturated rings. The van der Waals surface area contributed by atoms with Crippen molar-refractivity contribution in [3.05, 3.63) is 29.3 Å². The van der Waals surface area contributed by atoms with Crippen LogP contribution in [0.4, 0.5) is 5.69 Å². The van der Waals surface area contributed by atoms with Crippen LogP contribution in [-0.2, 0) is 13.0 Å². The highest BCUT2D eigenvalue weighted by Gasteiger charge is 2.21. The van der Waals surface area contributed by atoms with Crippen LogP contribution in [-0.4, -0.2) is 43.7 Å². The van der Waals surface area contributed by atoms with E-state index in [9.17, 15) is 0 Å². The summed E-state index contributed by atoms with van der Waals surface area (Å²) in [5, 5.41) is 3.59. The minimum atomic E-state index is 0.601. The molecule has 0 spiro atoms. The average Bonchev–Trinajstić information content (AvgIpc) is 2.69. The maximum absolute atomic E-state index is 3.59. The van der Waals surface area contributed by atoms with Crippen molar-refractivity contribution in [1.82, 2.24) is 10.2 Å². The number of nitrogens with one attached hydrogen (secondary N) is 1. The molecule has 1 N–H and O–H groups in total. The molecule has 0 amide bonds.